The molecule has 0 fully saturated rings. The van der Waals surface area contributed by atoms with Crippen LogP contribution in [0.1, 0.15) is 23.7 Å². The van der Waals surface area contributed by atoms with Crippen molar-refractivity contribution in [3.8, 4) is 11.5 Å². The highest BCUT2D eigenvalue weighted by atomic mass is 127. The molecule has 3 aromatic rings. The summed E-state index contributed by atoms with van der Waals surface area (Å²) in [6, 6.07) is 14.7. The molecule has 2 aromatic carbocycles. The van der Waals surface area contributed by atoms with E-state index in [0.29, 0.717) is 31.5 Å². The van der Waals surface area contributed by atoms with Gasteiger partial charge in [0, 0.05) is 12.1 Å². The van der Waals surface area contributed by atoms with Gasteiger partial charge < -0.3 is 15.1 Å². The lowest BCUT2D eigenvalue weighted by atomic mass is 10.1. The second-order valence-corrected chi connectivity index (χ2v) is 8.80. The average molecular weight is 569 g/mol. The van der Waals surface area contributed by atoms with Gasteiger partial charge in [-0.1, -0.05) is 29.8 Å². The number of nitrogens with zero attached hydrogens (tertiary/aromatic N) is 2. The molecule has 0 aliphatic rings. The molecule has 0 bridgehead atoms. The summed E-state index contributed by atoms with van der Waals surface area (Å²) in [5, 5.41) is 6.42. The smallest absolute Gasteiger partial charge is 0.240 e. The van der Waals surface area contributed by atoms with Crippen molar-refractivity contribution in [3.63, 3.8) is 0 Å². The second-order valence-electron chi connectivity index (χ2n) is 6.91. The Morgan fingerprint density at radius 1 is 1.06 bits per heavy atom. The molecule has 0 unspecified atom stereocenters. The van der Waals surface area contributed by atoms with Gasteiger partial charge in [-0.2, -0.15) is 0 Å². The molecule has 0 saturated carbocycles. The van der Waals surface area contributed by atoms with Gasteiger partial charge in [0.1, 0.15) is 6.26 Å². The number of hydrogen-bond donors (Lipinski definition) is 3. The summed E-state index contributed by atoms with van der Waals surface area (Å²) in [6.07, 6.45) is 1.63. The summed E-state index contributed by atoms with van der Waals surface area (Å²) in [5.74, 6) is 1.21. The Labute approximate surface area is 206 Å². The summed E-state index contributed by atoms with van der Waals surface area (Å²) >= 11 is 0. The van der Waals surface area contributed by atoms with Crippen LogP contribution in [-0.4, -0.2) is 33.0 Å². The highest BCUT2D eigenvalue weighted by molar-refractivity contribution is 14.0. The summed E-state index contributed by atoms with van der Waals surface area (Å²) in [4.78, 5) is 9.31. The number of nitrogens with one attached hydrogen (secondary N) is 3. The molecule has 172 valence electrons. The van der Waals surface area contributed by atoms with Crippen LogP contribution in [-0.2, 0) is 23.1 Å². The third-order valence-corrected chi connectivity index (χ3v) is 5.98. The van der Waals surface area contributed by atoms with Crippen molar-refractivity contribution >= 4 is 40.0 Å². The number of guanidine groups is 1. The maximum Gasteiger partial charge on any atom is 0.240 e. The predicted molar refractivity (Wildman–Crippen MR) is 136 cm³/mol. The lowest BCUT2D eigenvalue weighted by Crippen LogP contribution is -2.36. The Bertz CT molecular complexity index is 1130. The van der Waals surface area contributed by atoms with Gasteiger partial charge in [-0.3, -0.25) is 0 Å². The van der Waals surface area contributed by atoms with Gasteiger partial charge in [0.15, 0.2) is 5.96 Å². The molecule has 0 spiro atoms. The van der Waals surface area contributed by atoms with Crippen molar-refractivity contribution in [3.05, 3.63) is 71.6 Å². The Morgan fingerprint density at radius 3 is 2.38 bits per heavy atom. The van der Waals surface area contributed by atoms with E-state index in [4.69, 9.17) is 4.42 Å². The number of oxazole rings is 1. The first-order chi connectivity index (χ1) is 14.9. The van der Waals surface area contributed by atoms with Crippen molar-refractivity contribution in [2.45, 2.75) is 31.8 Å². The zero-order valence-corrected chi connectivity index (χ0v) is 21.4. The number of hydrogen-bond acceptors (Lipinski definition) is 5. The molecule has 0 aliphatic heterocycles. The number of rotatable bonds is 8. The van der Waals surface area contributed by atoms with Crippen LogP contribution in [0.25, 0.3) is 11.5 Å². The molecule has 1 heterocycles. The monoisotopic (exact) mass is 569 g/mol. The fourth-order valence-electron chi connectivity index (χ4n) is 2.80. The van der Waals surface area contributed by atoms with Crippen molar-refractivity contribution in [2.24, 2.45) is 4.99 Å². The van der Waals surface area contributed by atoms with Gasteiger partial charge in [0.05, 0.1) is 23.7 Å². The molecule has 32 heavy (non-hydrogen) atoms. The highest BCUT2D eigenvalue weighted by Crippen LogP contribution is 2.19. The van der Waals surface area contributed by atoms with E-state index in [9.17, 15) is 8.42 Å². The quantitative estimate of drug-likeness (QED) is 0.218. The summed E-state index contributed by atoms with van der Waals surface area (Å²) in [6.45, 7) is 5.59. The van der Waals surface area contributed by atoms with Crippen LogP contribution in [0, 0.1) is 6.92 Å². The zero-order valence-electron chi connectivity index (χ0n) is 18.3. The average Bonchev–Trinajstić information content (AvgIpc) is 3.25. The van der Waals surface area contributed by atoms with Gasteiger partial charge in [0.25, 0.3) is 0 Å². The number of aliphatic imine (C=N–C) groups is 1. The van der Waals surface area contributed by atoms with Crippen molar-refractivity contribution in [1.82, 2.24) is 20.3 Å². The summed E-state index contributed by atoms with van der Waals surface area (Å²) < 4.78 is 31.5. The fourth-order valence-corrected chi connectivity index (χ4v) is 3.53. The second kappa shape index (κ2) is 12.0. The van der Waals surface area contributed by atoms with Gasteiger partial charge in [-0.05, 0) is 50.7 Å². The van der Waals surface area contributed by atoms with Crippen molar-refractivity contribution < 1.29 is 12.8 Å². The van der Waals surface area contributed by atoms with E-state index in [1.165, 1.54) is 12.6 Å². The normalized spacial score (nSPS) is 11.7. The standard InChI is InChI=1S/C22H27N5O3S.HI/c1-4-24-22(25-13-17-7-11-20(12-8-17)31(28,29)23-3)26-14-19-15-30-21(27-19)18-9-5-16(2)6-10-18;/h5-12,15,23H,4,13-14H2,1-3H3,(H2,24,25,26);1H. The van der Waals surface area contributed by atoms with Crippen LogP contribution < -0.4 is 15.4 Å². The maximum absolute atomic E-state index is 11.8. The van der Waals surface area contributed by atoms with E-state index in [1.807, 2.05) is 38.1 Å². The number of aromatic nitrogens is 1. The van der Waals surface area contributed by atoms with Crippen molar-refractivity contribution in [2.75, 3.05) is 13.6 Å². The molecule has 10 heteroatoms. The summed E-state index contributed by atoms with van der Waals surface area (Å²) in [5.41, 5.74) is 3.78. The van der Waals surface area contributed by atoms with Crippen LogP contribution in [0.3, 0.4) is 0 Å². The van der Waals surface area contributed by atoms with E-state index in [-0.39, 0.29) is 28.9 Å². The zero-order chi connectivity index (χ0) is 22.3. The Morgan fingerprint density at radius 2 is 1.75 bits per heavy atom. The molecular weight excluding hydrogens is 541 g/mol. The van der Waals surface area contributed by atoms with E-state index in [0.717, 1.165) is 16.8 Å². The topological polar surface area (TPSA) is 109 Å². The third-order valence-electron chi connectivity index (χ3n) is 4.55. The highest BCUT2D eigenvalue weighted by Gasteiger charge is 2.10. The molecule has 3 N–H and O–H groups in total. The van der Waals surface area contributed by atoms with Crippen LogP contribution in [0.4, 0.5) is 0 Å². The Kier molecular flexibility index (Phi) is 9.66. The number of benzene rings is 2. The predicted octanol–water partition coefficient (Wildman–Crippen LogP) is 3.43. The van der Waals surface area contributed by atoms with Crippen LogP contribution in [0.2, 0.25) is 0 Å². The molecule has 0 amide bonds. The van der Waals surface area contributed by atoms with Gasteiger partial charge in [-0.25, -0.2) is 23.1 Å². The van der Waals surface area contributed by atoms with Crippen molar-refractivity contribution in [1.29, 1.82) is 0 Å². The van der Waals surface area contributed by atoms with Gasteiger partial charge >= 0.3 is 0 Å². The molecule has 3 rings (SSSR count). The largest absolute Gasteiger partial charge is 0.444 e. The SMILES string of the molecule is CCNC(=NCc1ccc(S(=O)(=O)NC)cc1)NCc1coc(-c2ccc(C)cc2)n1.I. The molecule has 0 atom stereocenters. The van der Waals surface area contributed by atoms with E-state index >= 15 is 0 Å². The molecule has 0 saturated heterocycles. The third kappa shape index (κ3) is 7.04. The Hall–Kier alpha value is -2.44. The minimum Gasteiger partial charge on any atom is -0.444 e. The Balaban J connectivity index is 0.00000363. The van der Waals surface area contributed by atoms with Crippen LogP contribution in [0.5, 0.6) is 0 Å². The van der Waals surface area contributed by atoms with Gasteiger partial charge in [-0.15, -0.1) is 24.0 Å². The fraction of sp³-hybridized carbons (Fsp3) is 0.273. The number of aryl methyl sites for hydroxylation is 1. The first-order valence-electron chi connectivity index (χ1n) is 9.97. The van der Waals surface area contributed by atoms with E-state index < -0.39 is 10.0 Å². The lowest BCUT2D eigenvalue weighted by Gasteiger charge is -2.10. The molecular formula is C22H28IN5O3S. The van der Waals surface area contributed by atoms with Crippen LogP contribution >= 0.6 is 24.0 Å². The minimum absolute atomic E-state index is 0. The molecule has 0 aliphatic carbocycles. The van der Waals surface area contributed by atoms with E-state index in [1.54, 1.807) is 30.5 Å². The molecule has 0 radical (unpaired) electrons. The number of sulfonamides is 1. The number of halogens is 1. The van der Waals surface area contributed by atoms with E-state index in [2.05, 4.69) is 25.3 Å². The molecule has 8 nitrogen and oxygen atoms in total. The summed E-state index contributed by atoms with van der Waals surface area (Å²) in [7, 11) is -2.05. The minimum atomic E-state index is -3.44. The lowest BCUT2D eigenvalue weighted by molar-refractivity contribution is 0.572. The molecule has 1 aromatic heterocycles. The first kappa shape index (κ1) is 25.8. The van der Waals surface area contributed by atoms with Crippen LogP contribution in [0.15, 0.2) is 69.1 Å². The first-order valence-corrected chi connectivity index (χ1v) is 11.5. The maximum atomic E-state index is 11.8. The van der Waals surface area contributed by atoms with Gasteiger partial charge in [0.2, 0.25) is 15.9 Å².